The zero-order valence-corrected chi connectivity index (χ0v) is 11.0. The minimum absolute atomic E-state index is 0.0700. The van der Waals surface area contributed by atoms with Crippen LogP contribution >= 0.6 is 0 Å². The van der Waals surface area contributed by atoms with Crippen LogP contribution in [0.3, 0.4) is 0 Å². The molecule has 1 atom stereocenters. The van der Waals surface area contributed by atoms with Gasteiger partial charge >= 0.3 is 0 Å². The second-order valence-electron chi connectivity index (χ2n) is 4.97. The molecule has 1 aromatic rings. The Morgan fingerprint density at radius 1 is 1.42 bits per heavy atom. The van der Waals surface area contributed by atoms with E-state index in [2.05, 4.69) is 5.32 Å². The molecular formula is C14H18FNO3. The van der Waals surface area contributed by atoms with Crippen LogP contribution in [0.15, 0.2) is 6.07 Å². The third-order valence-corrected chi connectivity index (χ3v) is 3.72. The predicted molar refractivity (Wildman–Crippen MR) is 68.4 cm³/mol. The molecule has 0 bridgehead atoms. The maximum Gasteiger partial charge on any atom is 0.231 e. The molecule has 1 saturated heterocycles. The highest BCUT2D eigenvalue weighted by molar-refractivity contribution is 5.53. The number of rotatable bonds is 3. The van der Waals surface area contributed by atoms with Crippen molar-refractivity contribution in [1.29, 1.82) is 0 Å². The van der Waals surface area contributed by atoms with Crippen LogP contribution in [0.1, 0.15) is 24.8 Å². The molecule has 3 rings (SSSR count). The quantitative estimate of drug-likeness (QED) is 0.911. The van der Waals surface area contributed by atoms with Crippen LogP contribution in [0.25, 0.3) is 0 Å². The van der Waals surface area contributed by atoms with E-state index in [0.29, 0.717) is 11.8 Å². The lowest BCUT2D eigenvalue weighted by atomic mass is 9.97. The van der Waals surface area contributed by atoms with Crippen LogP contribution in [0.4, 0.5) is 4.39 Å². The molecule has 104 valence electrons. The Balaban J connectivity index is 1.89. The molecule has 4 nitrogen and oxygen atoms in total. The molecular weight excluding hydrogens is 249 g/mol. The van der Waals surface area contributed by atoms with E-state index in [-0.39, 0.29) is 18.3 Å². The van der Waals surface area contributed by atoms with Gasteiger partial charge in [0.1, 0.15) is 0 Å². The van der Waals surface area contributed by atoms with Crippen molar-refractivity contribution in [2.75, 3.05) is 20.4 Å². The summed E-state index contributed by atoms with van der Waals surface area (Å²) in [6, 6.07) is 2.21. The number of ether oxygens (including phenoxy) is 3. The van der Waals surface area contributed by atoms with Gasteiger partial charge in [0, 0.05) is 11.6 Å². The highest BCUT2D eigenvalue weighted by atomic mass is 19.1. The monoisotopic (exact) mass is 267 g/mol. The van der Waals surface area contributed by atoms with Crippen molar-refractivity contribution in [1.82, 2.24) is 5.32 Å². The van der Waals surface area contributed by atoms with E-state index in [1.54, 1.807) is 0 Å². The zero-order chi connectivity index (χ0) is 13.2. The Kier molecular flexibility index (Phi) is 3.46. The zero-order valence-electron chi connectivity index (χ0n) is 11.0. The topological polar surface area (TPSA) is 39.7 Å². The minimum Gasteiger partial charge on any atom is -0.493 e. The molecule has 2 aliphatic rings. The van der Waals surface area contributed by atoms with Gasteiger partial charge < -0.3 is 19.5 Å². The number of benzene rings is 1. The Morgan fingerprint density at radius 3 is 3.05 bits per heavy atom. The minimum atomic E-state index is -0.455. The van der Waals surface area contributed by atoms with Gasteiger partial charge in [-0.2, -0.15) is 4.39 Å². The van der Waals surface area contributed by atoms with E-state index < -0.39 is 5.82 Å². The summed E-state index contributed by atoms with van der Waals surface area (Å²) in [5, 5.41) is 3.46. The Morgan fingerprint density at radius 2 is 2.32 bits per heavy atom. The van der Waals surface area contributed by atoms with E-state index in [0.717, 1.165) is 24.9 Å². The summed E-state index contributed by atoms with van der Waals surface area (Å²) in [5.41, 5.74) is 0.837. The number of halogens is 1. The molecule has 2 aliphatic heterocycles. The van der Waals surface area contributed by atoms with E-state index in [1.165, 1.54) is 20.0 Å². The Hall–Kier alpha value is -1.49. The summed E-state index contributed by atoms with van der Waals surface area (Å²) < 4.78 is 29.8. The summed E-state index contributed by atoms with van der Waals surface area (Å²) in [7, 11) is 1.48. The largest absolute Gasteiger partial charge is 0.493 e. The summed E-state index contributed by atoms with van der Waals surface area (Å²) >= 11 is 0. The maximum atomic E-state index is 14.2. The van der Waals surface area contributed by atoms with Crippen molar-refractivity contribution in [2.45, 2.75) is 31.7 Å². The van der Waals surface area contributed by atoms with Crippen molar-refractivity contribution in [3.8, 4) is 17.2 Å². The molecule has 1 N–H and O–H groups in total. The van der Waals surface area contributed by atoms with Gasteiger partial charge in [-0.25, -0.2) is 0 Å². The first kappa shape index (κ1) is 12.5. The van der Waals surface area contributed by atoms with E-state index in [1.807, 2.05) is 6.07 Å². The number of methoxy groups -OCH3 is 1. The molecule has 0 aliphatic carbocycles. The van der Waals surface area contributed by atoms with Crippen molar-refractivity contribution in [3.05, 3.63) is 17.4 Å². The Bertz CT molecular complexity index is 472. The molecule has 1 aromatic carbocycles. The van der Waals surface area contributed by atoms with Crippen LogP contribution in [-0.2, 0) is 6.42 Å². The van der Waals surface area contributed by atoms with E-state index in [4.69, 9.17) is 14.2 Å². The van der Waals surface area contributed by atoms with Gasteiger partial charge in [0.25, 0.3) is 0 Å². The normalized spacial score (nSPS) is 21.5. The van der Waals surface area contributed by atoms with Crippen molar-refractivity contribution < 1.29 is 18.6 Å². The molecule has 0 amide bonds. The van der Waals surface area contributed by atoms with Gasteiger partial charge in [-0.05, 0) is 31.9 Å². The average Bonchev–Trinajstić information content (AvgIpc) is 2.89. The highest BCUT2D eigenvalue weighted by Gasteiger charge is 2.26. The second-order valence-corrected chi connectivity index (χ2v) is 4.97. The lowest BCUT2D eigenvalue weighted by Crippen LogP contribution is -2.35. The van der Waals surface area contributed by atoms with Crippen LogP contribution in [-0.4, -0.2) is 26.5 Å². The smallest absolute Gasteiger partial charge is 0.231 e. The first-order valence-electron chi connectivity index (χ1n) is 6.68. The van der Waals surface area contributed by atoms with Gasteiger partial charge in [-0.3, -0.25) is 0 Å². The number of nitrogens with one attached hydrogen (secondary N) is 1. The first-order chi connectivity index (χ1) is 9.29. The van der Waals surface area contributed by atoms with E-state index in [9.17, 15) is 4.39 Å². The maximum absolute atomic E-state index is 14.2. The number of hydrogen-bond acceptors (Lipinski definition) is 4. The SMILES string of the molecule is COc1c(CC2CCCCN2)cc2c(c1F)OCO2. The summed E-state index contributed by atoms with van der Waals surface area (Å²) in [5.74, 6) is 0.459. The van der Waals surface area contributed by atoms with Crippen LogP contribution in [0, 0.1) is 5.82 Å². The molecule has 1 fully saturated rings. The molecule has 2 heterocycles. The fourth-order valence-electron chi connectivity index (χ4n) is 2.77. The fraction of sp³-hybridized carbons (Fsp3) is 0.571. The lowest BCUT2D eigenvalue weighted by molar-refractivity contribution is 0.170. The molecule has 19 heavy (non-hydrogen) atoms. The Labute approximate surface area is 111 Å². The molecule has 0 saturated carbocycles. The predicted octanol–water partition coefficient (Wildman–Crippen LogP) is 2.25. The first-order valence-corrected chi connectivity index (χ1v) is 6.68. The summed E-state index contributed by atoms with van der Waals surface area (Å²) in [6.07, 6.45) is 4.28. The number of hydrogen-bond donors (Lipinski definition) is 1. The van der Waals surface area contributed by atoms with Crippen molar-refractivity contribution in [3.63, 3.8) is 0 Å². The summed E-state index contributed by atoms with van der Waals surface area (Å²) in [4.78, 5) is 0. The molecule has 1 unspecified atom stereocenters. The summed E-state index contributed by atoms with van der Waals surface area (Å²) in [6.45, 7) is 1.10. The molecule has 0 aromatic heterocycles. The van der Waals surface area contributed by atoms with Crippen LogP contribution < -0.4 is 19.5 Å². The van der Waals surface area contributed by atoms with Crippen LogP contribution in [0.5, 0.6) is 17.2 Å². The third kappa shape index (κ3) is 2.34. The highest BCUT2D eigenvalue weighted by Crippen LogP contribution is 2.42. The van der Waals surface area contributed by atoms with E-state index >= 15 is 0 Å². The lowest BCUT2D eigenvalue weighted by Gasteiger charge is -2.24. The average molecular weight is 267 g/mol. The molecule has 0 spiro atoms. The number of fused-ring (bicyclic) bond motifs is 1. The van der Waals surface area contributed by atoms with Crippen LogP contribution in [0.2, 0.25) is 0 Å². The molecule has 5 heteroatoms. The van der Waals surface area contributed by atoms with Gasteiger partial charge in [-0.1, -0.05) is 6.42 Å². The molecule has 0 radical (unpaired) electrons. The van der Waals surface area contributed by atoms with Crippen molar-refractivity contribution in [2.24, 2.45) is 0 Å². The number of piperidine rings is 1. The van der Waals surface area contributed by atoms with Gasteiger partial charge in [0.2, 0.25) is 18.4 Å². The van der Waals surface area contributed by atoms with Gasteiger partial charge in [0.05, 0.1) is 7.11 Å². The fourth-order valence-corrected chi connectivity index (χ4v) is 2.77. The standard InChI is InChI=1S/C14H18FNO3/c1-17-13-9(6-10-4-2-3-5-16-10)7-11-14(12(13)15)19-8-18-11/h7,10,16H,2-6,8H2,1H3. The third-order valence-electron chi connectivity index (χ3n) is 3.72. The van der Waals surface area contributed by atoms with Gasteiger partial charge in [-0.15, -0.1) is 0 Å². The van der Waals surface area contributed by atoms with Crippen molar-refractivity contribution >= 4 is 0 Å². The second kappa shape index (κ2) is 5.25. The van der Waals surface area contributed by atoms with Gasteiger partial charge in [0.15, 0.2) is 11.5 Å².